The first-order valence-electron chi connectivity index (χ1n) is 7.98. The topological polar surface area (TPSA) is 81.7 Å². The second-order valence-electron chi connectivity index (χ2n) is 6.58. The van der Waals surface area contributed by atoms with E-state index in [0.717, 1.165) is 32.4 Å². The summed E-state index contributed by atoms with van der Waals surface area (Å²) in [7, 11) is 0. The Hall–Kier alpha value is -1.30. The molecule has 0 radical (unpaired) electrons. The van der Waals surface area contributed by atoms with Gasteiger partial charge in [0.15, 0.2) is 0 Å². The molecule has 0 spiro atoms. The quantitative estimate of drug-likeness (QED) is 0.714. The molecule has 0 bridgehead atoms. The summed E-state index contributed by atoms with van der Waals surface area (Å²) in [4.78, 5) is 25.4. The molecule has 1 aliphatic carbocycles. The number of rotatable bonds is 5. The molecule has 2 aliphatic rings. The number of amides is 2. The van der Waals surface area contributed by atoms with Gasteiger partial charge in [0.1, 0.15) is 0 Å². The standard InChI is InChI=1S/C15H27N3O3/c1-10(2)18-7-6-11(9-18)8-16-15(21)17-13-5-3-4-12(13)14(19)20/h10-13H,3-9H2,1-2H3,(H,19,20)(H2,16,17,21). The molecule has 0 aromatic carbocycles. The van der Waals surface area contributed by atoms with Crippen LogP contribution in [0.5, 0.6) is 0 Å². The molecule has 1 saturated carbocycles. The fourth-order valence-electron chi connectivity index (χ4n) is 3.38. The van der Waals surface area contributed by atoms with Crippen LogP contribution in [0.25, 0.3) is 0 Å². The van der Waals surface area contributed by atoms with Crippen LogP contribution >= 0.6 is 0 Å². The second kappa shape index (κ2) is 7.11. The first-order chi connectivity index (χ1) is 9.97. The third kappa shape index (κ3) is 4.33. The van der Waals surface area contributed by atoms with Crippen molar-refractivity contribution in [1.82, 2.24) is 15.5 Å². The molecule has 1 saturated heterocycles. The van der Waals surface area contributed by atoms with E-state index in [1.54, 1.807) is 0 Å². The number of carboxylic acids is 1. The summed E-state index contributed by atoms with van der Waals surface area (Å²) in [6, 6.07) is 0.105. The average molecular weight is 297 g/mol. The van der Waals surface area contributed by atoms with Crippen LogP contribution in [0, 0.1) is 11.8 Å². The minimum absolute atomic E-state index is 0.224. The maximum absolute atomic E-state index is 11.9. The number of nitrogens with zero attached hydrogens (tertiary/aromatic N) is 1. The van der Waals surface area contributed by atoms with E-state index in [0.29, 0.717) is 24.9 Å². The highest BCUT2D eigenvalue weighted by molar-refractivity contribution is 5.77. The number of hydrogen-bond acceptors (Lipinski definition) is 3. The van der Waals surface area contributed by atoms with Gasteiger partial charge < -0.3 is 20.6 Å². The Morgan fingerprint density at radius 1 is 1.29 bits per heavy atom. The van der Waals surface area contributed by atoms with Gasteiger partial charge in [-0.05, 0) is 45.6 Å². The van der Waals surface area contributed by atoms with Gasteiger partial charge in [-0.1, -0.05) is 6.42 Å². The number of carbonyl (C=O) groups is 2. The molecule has 2 rings (SSSR count). The molecule has 6 nitrogen and oxygen atoms in total. The molecule has 3 unspecified atom stereocenters. The number of hydrogen-bond donors (Lipinski definition) is 3. The van der Waals surface area contributed by atoms with Gasteiger partial charge in [-0.2, -0.15) is 0 Å². The van der Waals surface area contributed by atoms with Crippen LogP contribution in [-0.4, -0.2) is 53.7 Å². The van der Waals surface area contributed by atoms with Gasteiger partial charge in [0.2, 0.25) is 0 Å². The van der Waals surface area contributed by atoms with Crippen LogP contribution in [0.4, 0.5) is 4.79 Å². The summed E-state index contributed by atoms with van der Waals surface area (Å²) in [5, 5.41) is 14.8. The van der Waals surface area contributed by atoms with Crippen molar-refractivity contribution < 1.29 is 14.7 Å². The fourth-order valence-corrected chi connectivity index (χ4v) is 3.38. The Labute approximate surface area is 126 Å². The Morgan fingerprint density at radius 2 is 2.05 bits per heavy atom. The summed E-state index contributed by atoms with van der Waals surface area (Å²) in [6.07, 6.45) is 3.40. The van der Waals surface area contributed by atoms with E-state index in [-0.39, 0.29) is 12.1 Å². The lowest BCUT2D eigenvalue weighted by Crippen LogP contribution is -2.46. The van der Waals surface area contributed by atoms with Crippen molar-refractivity contribution in [2.24, 2.45) is 11.8 Å². The van der Waals surface area contributed by atoms with Crippen molar-refractivity contribution in [3.05, 3.63) is 0 Å². The van der Waals surface area contributed by atoms with Crippen LogP contribution in [0.15, 0.2) is 0 Å². The van der Waals surface area contributed by atoms with Crippen molar-refractivity contribution >= 4 is 12.0 Å². The molecule has 1 heterocycles. The third-order valence-electron chi connectivity index (χ3n) is 4.75. The van der Waals surface area contributed by atoms with E-state index in [1.807, 2.05) is 0 Å². The lowest BCUT2D eigenvalue weighted by Gasteiger charge is -2.21. The van der Waals surface area contributed by atoms with Gasteiger partial charge in [0, 0.05) is 25.2 Å². The zero-order chi connectivity index (χ0) is 15.4. The molecule has 6 heteroatoms. The van der Waals surface area contributed by atoms with Gasteiger partial charge in [0.25, 0.3) is 0 Å². The number of carboxylic acid groups (broad SMARTS) is 1. The van der Waals surface area contributed by atoms with Crippen LogP contribution in [-0.2, 0) is 4.79 Å². The van der Waals surface area contributed by atoms with E-state index < -0.39 is 11.9 Å². The van der Waals surface area contributed by atoms with Crippen LogP contribution < -0.4 is 10.6 Å². The second-order valence-corrected chi connectivity index (χ2v) is 6.58. The molecule has 3 atom stereocenters. The van der Waals surface area contributed by atoms with Gasteiger partial charge in [-0.15, -0.1) is 0 Å². The molecular weight excluding hydrogens is 270 g/mol. The Kier molecular flexibility index (Phi) is 5.45. The van der Waals surface area contributed by atoms with E-state index in [2.05, 4.69) is 29.4 Å². The number of likely N-dealkylation sites (tertiary alicyclic amines) is 1. The van der Waals surface area contributed by atoms with Gasteiger partial charge in [-0.3, -0.25) is 4.79 Å². The first kappa shape index (κ1) is 16.1. The molecular formula is C15H27N3O3. The molecule has 1 aliphatic heterocycles. The maximum Gasteiger partial charge on any atom is 0.315 e. The Bertz CT molecular complexity index is 386. The van der Waals surface area contributed by atoms with Crippen LogP contribution in [0.2, 0.25) is 0 Å². The minimum Gasteiger partial charge on any atom is -0.481 e. The molecule has 2 amide bonds. The highest BCUT2D eigenvalue weighted by atomic mass is 16.4. The van der Waals surface area contributed by atoms with Crippen molar-refractivity contribution in [3.8, 4) is 0 Å². The van der Waals surface area contributed by atoms with E-state index in [4.69, 9.17) is 5.11 Å². The zero-order valence-corrected chi connectivity index (χ0v) is 13.0. The Balaban J connectivity index is 1.69. The van der Waals surface area contributed by atoms with Gasteiger partial charge in [0.05, 0.1) is 5.92 Å². The summed E-state index contributed by atoms with van der Waals surface area (Å²) < 4.78 is 0. The monoisotopic (exact) mass is 297 g/mol. The first-order valence-corrected chi connectivity index (χ1v) is 7.98. The molecule has 21 heavy (non-hydrogen) atoms. The largest absolute Gasteiger partial charge is 0.481 e. The number of urea groups is 1. The zero-order valence-electron chi connectivity index (χ0n) is 13.0. The van der Waals surface area contributed by atoms with Gasteiger partial charge >= 0.3 is 12.0 Å². The summed E-state index contributed by atoms with van der Waals surface area (Å²) >= 11 is 0. The predicted octanol–water partition coefficient (Wildman–Crippen LogP) is 1.27. The SMILES string of the molecule is CC(C)N1CCC(CNC(=O)NC2CCCC2C(=O)O)C1. The summed E-state index contributed by atoms with van der Waals surface area (Å²) in [6.45, 7) is 7.16. The van der Waals surface area contributed by atoms with E-state index in [9.17, 15) is 9.59 Å². The van der Waals surface area contributed by atoms with Crippen molar-refractivity contribution in [1.29, 1.82) is 0 Å². The fraction of sp³-hybridized carbons (Fsp3) is 0.867. The lowest BCUT2D eigenvalue weighted by atomic mass is 10.0. The number of aliphatic carboxylic acids is 1. The molecule has 0 aromatic heterocycles. The number of carbonyl (C=O) groups excluding carboxylic acids is 1. The predicted molar refractivity (Wildman–Crippen MR) is 80.1 cm³/mol. The molecule has 2 fully saturated rings. The summed E-state index contributed by atoms with van der Waals surface area (Å²) in [5.41, 5.74) is 0. The van der Waals surface area contributed by atoms with Crippen molar-refractivity contribution in [2.45, 2.75) is 51.6 Å². The van der Waals surface area contributed by atoms with Crippen LogP contribution in [0.3, 0.4) is 0 Å². The molecule has 3 N–H and O–H groups in total. The molecule has 120 valence electrons. The highest BCUT2D eigenvalue weighted by Gasteiger charge is 2.34. The Morgan fingerprint density at radius 3 is 2.67 bits per heavy atom. The minimum atomic E-state index is -0.804. The maximum atomic E-state index is 11.9. The number of nitrogens with one attached hydrogen (secondary N) is 2. The van der Waals surface area contributed by atoms with Gasteiger partial charge in [-0.25, -0.2) is 4.79 Å². The summed E-state index contributed by atoms with van der Waals surface area (Å²) in [5.74, 6) is -0.739. The van der Waals surface area contributed by atoms with Crippen molar-refractivity contribution in [3.63, 3.8) is 0 Å². The highest BCUT2D eigenvalue weighted by Crippen LogP contribution is 2.25. The lowest BCUT2D eigenvalue weighted by molar-refractivity contribution is -0.142. The normalized spacial score (nSPS) is 29.8. The van der Waals surface area contributed by atoms with E-state index >= 15 is 0 Å². The molecule has 0 aromatic rings. The third-order valence-corrected chi connectivity index (χ3v) is 4.75. The van der Waals surface area contributed by atoms with Crippen LogP contribution in [0.1, 0.15) is 39.5 Å². The van der Waals surface area contributed by atoms with E-state index in [1.165, 1.54) is 0 Å². The van der Waals surface area contributed by atoms with Crippen molar-refractivity contribution in [2.75, 3.05) is 19.6 Å². The average Bonchev–Trinajstić information content (AvgIpc) is 3.04. The smallest absolute Gasteiger partial charge is 0.315 e.